The molecular formula is C36H46N4O3S2. The zero-order valence-electron chi connectivity index (χ0n) is 26.1. The van der Waals surface area contributed by atoms with E-state index in [0.717, 1.165) is 60.8 Å². The van der Waals surface area contributed by atoms with Gasteiger partial charge >= 0.3 is 6.03 Å². The van der Waals surface area contributed by atoms with E-state index < -0.39 is 5.54 Å². The lowest BCUT2D eigenvalue weighted by atomic mass is 9.83. The maximum atomic E-state index is 14.7. The number of nitrogens with zero attached hydrogens (tertiary/aromatic N) is 1. The Bertz CT molecular complexity index is 1410. The monoisotopic (exact) mass is 646 g/mol. The summed E-state index contributed by atoms with van der Waals surface area (Å²) in [7, 11) is 0. The van der Waals surface area contributed by atoms with Crippen LogP contribution in [0.5, 0.6) is 0 Å². The van der Waals surface area contributed by atoms with Crippen LogP contribution in [0.15, 0.2) is 60.7 Å². The van der Waals surface area contributed by atoms with Gasteiger partial charge in [-0.1, -0.05) is 61.4 Å². The lowest BCUT2D eigenvalue weighted by Crippen LogP contribution is -2.62. The molecule has 2 saturated heterocycles. The minimum absolute atomic E-state index is 0.0346. The van der Waals surface area contributed by atoms with Gasteiger partial charge in [0.2, 0.25) is 0 Å². The van der Waals surface area contributed by atoms with Crippen LogP contribution in [0.2, 0.25) is 0 Å². The molecule has 2 aromatic carbocycles. The Labute approximate surface area is 275 Å². The van der Waals surface area contributed by atoms with Gasteiger partial charge in [0.25, 0.3) is 11.8 Å². The second-order valence-corrected chi connectivity index (χ2v) is 15.3. The fraction of sp³-hybridized carbons (Fsp3) is 0.528. The number of rotatable bonds is 10. The highest BCUT2D eigenvalue weighted by molar-refractivity contribution is 7.99. The molecule has 1 atom stereocenters. The van der Waals surface area contributed by atoms with E-state index in [2.05, 4.69) is 16.0 Å². The first-order valence-corrected chi connectivity index (χ1v) is 18.7. The van der Waals surface area contributed by atoms with Crippen LogP contribution in [0.25, 0.3) is 10.1 Å². The van der Waals surface area contributed by atoms with Crippen molar-refractivity contribution in [3.63, 3.8) is 0 Å². The van der Waals surface area contributed by atoms with Crippen LogP contribution in [0.4, 0.5) is 4.79 Å². The number of nitrogens with one attached hydrogen (secondary N) is 3. The molecule has 3 fully saturated rings. The van der Waals surface area contributed by atoms with E-state index in [1.165, 1.54) is 40.6 Å². The van der Waals surface area contributed by atoms with Crippen LogP contribution < -0.4 is 16.0 Å². The molecule has 45 heavy (non-hydrogen) atoms. The lowest BCUT2D eigenvalue weighted by molar-refractivity contribution is -0.134. The highest BCUT2D eigenvalue weighted by Crippen LogP contribution is 2.34. The number of carbonyl (C=O) groups is 3. The molecule has 6 rings (SSSR count). The summed E-state index contributed by atoms with van der Waals surface area (Å²) >= 11 is 3.46. The van der Waals surface area contributed by atoms with Crippen molar-refractivity contribution in [3.8, 4) is 0 Å². The number of urea groups is 1. The van der Waals surface area contributed by atoms with E-state index in [0.29, 0.717) is 36.0 Å². The number of piperidine rings is 1. The van der Waals surface area contributed by atoms with Gasteiger partial charge in [0.05, 0.1) is 4.88 Å². The van der Waals surface area contributed by atoms with Gasteiger partial charge in [-0.05, 0) is 111 Å². The van der Waals surface area contributed by atoms with Crippen molar-refractivity contribution in [2.45, 2.75) is 75.8 Å². The fourth-order valence-corrected chi connectivity index (χ4v) is 9.54. The van der Waals surface area contributed by atoms with Gasteiger partial charge in [-0.15, -0.1) is 11.3 Å². The fourth-order valence-electron chi connectivity index (χ4n) is 7.38. The summed E-state index contributed by atoms with van der Waals surface area (Å²) in [6.45, 7) is 2.19. The summed E-state index contributed by atoms with van der Waals surface area (Å²) in [6, 6.07) is 19.6. The summed E-state index contributed by atoms with van der Waals surface area (Å²) in [5.74, 6) is 2.84. The van der Waals surface area contributed by atoms with Crippen LogP contribution in [0, 0.1) is 11.8 Å². The van der Waals surface area contributed by atoms with Crippen molar-refractivity contribution in [1.82, 2.24) is 20.9 Å². The normalized spacial score (nSPS) is 19.6. The molecule has 1 aliphatic carbocycles. The molecule has 240 valence electrons. The van der Waals surface area contributed by atoms with Crippen molar-refractivity contribution in [2.24, 2.45) is 11.8 Å². The Kier molecular flexibility index (Phi) is 10.8. The Morgan fingerprint density at radius 2 is 1.64 bits per heavy atom. The van der Waals surface area contributed by atoms with Crippen LogP contribution in [0.3, 0.4) is 0 Å². The summed E-state index contributed by atoms with van der Waals surface area (Å²) in [4.78, 5) is 44.7. The SMILES string of the molecule is O=C(NC1(C(=O)N(CCc2ccccc2)C(=O)N[C@H](CC2CCSCC2)C2CCNCC2)CCCC1)c1cc2ccccc2s1. The number of imide groups is 1. The number of amides is 4. The molecule has 3 heterocycles. The van der Waals surface area contributed by atoms with Crippen molar-refractivity contribution in [3.05, 3.63) is 71.1 Å². The molecule has 1 saturated carbocycles. The summed E-state index contributed by atoms with van der Waals surface area (Å²) in [5, 5.41) is 11.1. The van der Waals surface area contributed by atoms with E-state index in [1.54, 1.807) is 0 Å². The smallest absolute Gasteiger partial charge is 0.324 e. The Morgan fingerprint density at radius 1 is 0.933 bits per heavy atom. The van der Waals surface area contributed by atoms with E-state index >= 15 is 0 Å². The standard InChI is InChI=1S/C36H46N4O3S2/c41-33(32-25-29-10-4-5-11-31(29)45-32)39-36(17-6-7-18-36)34(42)40(21-14-26-8-2-1-3-9-26)35(43)38-30(28-12-19-37-20-13-28)24-27-15-22-44-23-16-27/h1-5,8-11,25,27-28,30,37H,6-7,12-24H2,(H,38,43)(H,39,41)/t30-/m1/s1. The van der Waals surface area contributed by atoms with Crippen molar-refractivity contribution >= 4 is 51.0 Å². The van der Waals surface area contributed by atoms with E-state index in [-0.39, 0.29) is 30.4 Å². The Hall–Kier alpha value is -2.88. The number of hydrogen-bond donors (Lipinski definition) is 3. The van der Waals surface area contributed by atoms with Gasteiger partial charge in [-0.25, -0.2) is 4.79 Å². The van der Waals surface area contributed by atoms with E-state index in [1.807, 2.05) is 72.4 Å². The van der Waals surface area contributed by atoms with Crippen LogP contribution >= 0.6 is 23.1 Å². The van der Waals surface area contributed by atoms with E-state index in [4.69, 9.17) is 0 Å². The third-order valence-electron chi connectivity index (χ3n) is 10.0. The first kappa shape index (κ1) is 32.1. The quantitative estimate of drug-likeness (QED) is 0.230. The largest absolute Gasteiger partial charge is 0.337 e. The van der Waals surface area contributed by atoms with Gasteiger partial charge < -0.3 is 16.0 Å². The molecule has 3 N–H and O–H groups in total. The van der Waals surface area contributed by atoms with Crippen molar-refractivity contribution in [1.29, 1.82) is 0 Å². The van der Waals surface area contributed by atoms with Crippen molar-refractivity contribution in [2.75, 3.05) is 31.1 Å². The third kappa shape index (κ3) is 7.92. The van der Waals surface area contributed by atoms with Crippen LogP contribution in [-0.2, 0) is 11.2 Å². The summed E-state index contributed by atoms with van der Waals surface area (Å²) in [6.07, 6.45) is 8.71. The highest BCUT2D eigenvalue weighted by Gasteiger charge is 2.47. The molecular weight excluding hydrogens is 601 g/mol. The molecule has 4 amide bonds. The number of fused-ring (bicyclic) bond motifs is 1. The molecule has 2 aliphatic heterocycles. The average molecular weight is 647 g/mol. The number of thioether (sulfide) groups is 1. The molecule has 0 radical (unpaired) electrons. The number of benzene rings is 2. The first-order chi connectivity index (χ1) is 22.0. The van der Waals surface area contributed by atoms with E-state index in [9.17, 15) is 14.4 Å². The molecule has 0 bridgehead atoms. The zero-order valence-corrected chi connectivity index (χ0v) is 27.7. The third-order valence-corrected chi connectivity index (χ3v) is 12.2. The summed E-state index contributed by atoms with van der Waals surface area (Å²) < 4.78 is 1.04. The van der Waals surface area contributed by atoms with Gasteiger partial charge in [-0.2, -0.15) is 11.8 Å². The van der Waals surface area contributed by atoms with Gasteiger partial charge in [0.15, 0.2) is 0 Å². The minimum atomic E-state index is -1.09. The van der Waals surface area contributed by atoms with Crippen molar-refractivity contribution < 1.29 is 14.4 Å². The number of thiophene rings is 1. The van der Waals surface area contributed by atoms with Gasteiger partial charge in [0, 0.05) is 17.3 Å². The zero-order chi connectivity index (χ0) is 31.1. The molecule has 3 aliphatic rings. The molecule has 0 unspecified atom stereocenters. The predicted octanol–water partition coefficient (Wildman–Crippen LogP) is 6.63. The predicted molar refractivity (Wildman–Crippen MR) is 185 cm³/mol. The topological polar surface area (TPSA) is 90.5 Å². The second kappa shape index (κ2) is 15.1. The molecule has 0 spiro atoms. The molecule has 3 aromatic rings. The maximum Gasteiger partial charge on any atom is 0.324 e. The highest BCUT2D eigenvalue weighted by atomic mass is 32.2. The van der Waals surface area contributed by atoms with Gasteiger partial charge in [0.1, 0.15) is 5.54 Å². The summed E-state index contributed by atoms with van der Waals surface area (Å²) in [5.41, 5.74) is -0.0148. The average Bonchev–Trinajstić information content (AvgIpc) is 3.74. The van der Waals surface area contributed by atoms with Crippen LogP contribution in [-0.4, -0.2) is 65.5 Å². The second-order valence-electron chi connectivity index (χ2n) is 13.0. The number of carbonyl (C=O) groups excluding carboxylic acids is 3. The lowest BCUT2D eigenvalue weighted by Gasteiger charge is -2.38. The maximum absolute atomic E-state index is 14.7. The first-order valence-electron chi connectivity index (χ1n) is 16.8. The molecule has 7 nitrogen and oxygen atoms in total. The van der Waals surface area contributed by atoms with Crippen LogP contribution in [0.1, 0.15) is 73.0 Å². The minimum Gasteiger partial charge on any atom is -0.337 e. The molecule has 9 heteroatoms. The van der Waals surface area contributed by atoms with Gasteiger partial charge in [-0.3, -0.25) is 14.5 Å². The number of hydrogen-bond acceptors (Lipinski definition) is 6. The Balaban J connectivity index is 1.24. The molecule has 1 aromatic heterocycles. The Morgan fingerprint density at radius 3 is 2.38 bits per heavy atom.